The maximum atomic E-state index is 10.9. The minimum Gasteiger partial charge on any atom is -0.446 e. The van der Waals surface area contributed by atoms with E-state index in [9.17, 15) is 20.1 Å². The number of primary amides is 1. The number of nitrogens with two attached hydrogens (primary N) is 3. The minimum atomic E-state index is -2.58. The van der Waals surface area contributed by atoms with Crippen LogP contribution >= 0.6 is 0 Å². The number of aliphatic hydroxyl groups is 3. The Hall–Kier alpha value is -2.31. The Bertz CT molecular complexity index is 651. The molecule has 0 aromatic heterocycles. The topological polar surface area (TPSA) is 206 Å². The lowest BCUT2D eigenvalue weighted by Gasteiger charge is -2.40. The molecule has 140 valence electrons. The van der Waals surface area contributed by atoms with Crippen molar-refractivity contribution >= 4 is 18.0 Å². The highest BCUT2D eigenvalue weighted by Gasteiger charge is 2.80. The summed E-state index contributed by atoms with van der Waals surface area (Å²) >= 11 is 0. The number of hydrogen-bond donors (Lipinski definition) is 9. The predicted molar refractivity (Wildman–Crippen MR) is 83.6 cm³/mol. The molecule has 1 fully saturated rings. The lowest BCUT2D eigenvalue weighted by Crippen LogP contribution is -2.92. The third-order valence-electron chi connectivity index (χ3n) is 5.12. The number of amides is 1. The first-order valence-electron chi connectivity index (χ1n) is 8.07. The lowest BCUT2D eigenvalue weighted by molar-refractivity contribution is -0.692. The van der Waals surface area contributed by atoms with Crippen LogP contribution < -0.4 is 32.8 Å². The monoisotopic (exact) mass is 359 g/mol. The molecule has 0 aliphatic carbocycles. The predicted octanol–water partition coefficient (Wildman–Crippen LogP) is -6.33. The Balaban J connectivity index is 2.10. The number of nitrogens with zero attached hydrogens (tertiary/aromatic N) is 1. The molecule has 0 saturated carbocycles. The van der Waals surface area contributed by atoms with Crippen molar-refractivity contribution < 1.29 is 34.4 Å². The van der Waals surface area contributed by atoms with Gasteiger partial charge in [0.25, 0.3) is 11.4 Å². The van der Waals surface area contributed by atoms with E-state index in [1.807, 2.05) is 6.92 Å². The largest absolute Gasteiger partial charge is 0.446 e. The fraction of sp³-hybridized carbons (Fsp3) is 0.769. The van der Waals surface area contributed by atoms with Gasteiger partial charge in [-0.05, 0) is 6.42 Å². The summed E-state index contributed by atoms with van der Waals surface area (Å²) in [6.07, 6.45) is -1.34. The fourth-order valence-corrected chi connectivity index (χ4v) is 4.19. The second kappa shape index (κ2) is 5.61. The molecule has 0 aromatic rings. The number of aliphatic hydroxyl groups excluding tert-OH is 1. The van der Waals surface area contributed by atoms with Crippen molar-refractivity contribution in [1.82, 2.24) is 10.6 Å². The molecule has 3 heterocycles. The molecular formula is C13H25N7O5+2. The average molecular weight is 359 g/mol. The van der Waals surface area contributed by atoms with Crippen LogP contribution in [0.25, 0.3) is 0 Å². The van der Waals surface area contributed by atoms with Gasteiger partial charge in [-0.3, -0.25) is 21.8 Å². The SMILES string of the molecule is CCC[C@H]1[C@@H](O)C(O)(O)C23NC(N)=[NH+]C2[C@H](COC(N)=O)NC(N)=[N+]13. The van der Waals surface area contributed by atoms with E-state index >= 15 is 0 Å². The van der Waals surface area contributed by atoms with E-state index < -0.39 is 41.8 Å². The number of carbonyl (C=O) groups excluding carboxylic acids is 1. The molecule has 25 heavy (non-hydrogen) atoms. The van der Waals surface area contributed by atoms with Gasteiger partial charge in [0.15, 0.2) is 6.04 Å². The summed E-state index contributed by atoms with van der Waals surface area (Å²) in [5.41, 5.74) is 15.3. The van der Waals surface area contributed by atoms with Crippen molar-refractivity contribution in [3.05, 3.63) is 0 Å². The molecule has 1 saturated heterocycles. The van der Waals surface area contributed by atoms with Crippen molar-refractivity contribution in [3.63, 3.8) is 0 Å². The molecule has 3 rings (SSSR count). The first kappa shape index (κ1) is 17.5. The maximum Gasteiger partial charge on any atom is 0.404 e. The number of carbonyl (C=O) groups is 1. The van der Waals surface area contributed by atoms with E-state index in [1.54, 1.807) is 0 Å². The van der Waals surface area contributed by atoms with Crippen LogP contribution in [0.5, 0.6) is 0 Å². The van der Waals surface area contributed by atoms with E-state index in [1.165, 1.54) is 4.58 Å². The van der Waals surface area contributed by atoms with Gasteiger partial charge in [-0.1, -0.05) is 13.3 Å². The van der Waals surface area contributed by atoms with Gasteiger partial charge in [0, 0.05) is 0 Å². The Morgan fingerprint density at radius 3 is 2.72 bits per heavy atom. The number of ether oxygens (including phenoxy) is 1. The van der Waals surface area contributed by atoms with E-state index in [0.717, 1.165) is 0 Å². The van der Waals surface area contributed by atoms with Crippen LogP contribution in [0.1, 0.15) is 19.8 Å². The summed E-state index contributed by atoms with van der Waals surface area (Å²) in [6, 6.07) is -2.12. The van der Waals surface area contributed by atoms with E-state index in [2.05, 4.69) is 15.6 Å². The molecule has 12 N–H and O–H groups in total. The summed E-state index contributed by atoms with van der Waals surface area (Å²) in [5.74, 6) is -2.41. The Kier molecular flexibility index (Phi) is 3.93. The van der Waals surface area contributed by atoms with Crippen molar-refractivity contribution in [2.75, 3.05) is 6.61 Å². The Morgan fingerprint density at radius 1 is 1.44 bits per heavy atom. The van der Waals surface area contributed by atoms with Gasteiger partial charge >= 0.3 is 18.0 Å². The molecule has 2 unspecified atom stereocenters. The highest BCUT2D eigenvalue weighted by atomic mass is 16.5. The Morgan fingerprint density at radius 2 is 2.12 bits per heavy atom. The maximum absolute atomic E-state index is 10.9. The van der Waals surface area contributed by atoms with Gasteiger partial charge in [0.05, 0.1) is 0 Å². The Labute approximate surface area is 143 Å². The highest BCUT2D eigenvalue weighted by molar-refractivity contribution is 5.78. The first-order chi connectivity index (χ1) is 11.7. The van der Waals surface area contributed by atoms with Gasteiger partial charge in [0.2, 0.25) is 0 Å². The smallest absolute Gasteiger partial charge is 0.404 e. The van der Waals surface area contributed by atoms with Gasteiger partial charge in [-0.25, -0.2) is 14.7 Å². The molecule has 5 atom stereocenters. The molecule has 0 aromatic carbocycles. The molecular weight excluding hydrogens is 334 g/mol. The van der Waals surface area contributed by atoms with Crippen LogP contribution in [-0.2, 0) is 4.74 Å². The summed E-state index contributed by atoms with van der Waals surface area (Å²) < 4.78 is 6.33. The van der Waals surface area contributed by atoms with Gasteiger partial charge in [-0.15, -0.1) is 0 Å². The zero-order valence-corrected chi connectivity index (χ0v) is 13.8. The third-order valence-corrected chi connectivity index (χ3v) is 5.12. The standard InChI is InChI=1S/C13H23N7O5/c1-2-3-6-8(21)13(23,24)12-7(18-9(14)19-12)5(4-25-11(16)22)17-10(15)20(6)12/h5-8,21,23-24H,2-4H2,1H3,(H7,14,15,16,17,18,19,22)/p+2/t5-,6-,7?,8+,12?/m0/s1. The van der Waals surface area contributed by atoms with Crippen molar-refractivity contribution in [2.45, 2.75) is 55.4 Å². The number of guanidine groups is 2. The quantitative estimate of drug-likeness (QED) is 0.172. The van der Waals surface area contributed by atoms with Crippen LogP contribution in [0, 0.1) is 0 Å². The molecule has 12 nitrogen and oxygen atoms in total. The third kappa shape index (κ3) is 2.21. The number of hydrogen-bond acceptors (Lipinski definition) is 9. The lowest BCUT2D eigenvalue weighted by atomic mass is 9.86. The normalized spacial score (nSPS) is 38.3. The molecule has 0 radical (unpaired) electrons. The van der Waals surface area contributed by atoms with E-state index in [-0.39, 0.29) is 18.5 Å². The molecule has 3 aliphatic heterocycles. The van der Waals surface area contributed by atoms with E-state index in [0.29, 0.717) is 12.8 Å². The number of nitrogens with one attached hydrogen (secondary N) is 3. The van der Waals surface area contributed by atoms with Crippen molar-refractivity contribution in [2.24, 2.45) is 17.2 Å². The molecule has 0 bridgehead atoms. The highest BCUT2D eigenvalue weighted by Crippen LogP contribution is 2.42. The van der Waals surface area contributed by atoms with Crippen LogP contribution in [-0.4, -0.2) is 80.2 Å². The summed E-state index contributed by atoms with van der Waals surface area (Å²) in [6.45, 7) is 1.71. The second-order valence-corrected chi connectivity index (χ2v) is 6.59. The molecule has 12 heteroatoms. The average Bonchev–Trinajstić information content (AvgIpc) is 2.95. The van der Waals surface area contributed by atoms with Gasteiger partial charge < -0.3 is 25.8 Å². The van der Waals surface area contributed by atoms with Crippen LogP contribution in [0.2, 0.25) is 0 Å². The van der Waals surface area contributed by atoms with Gasteiger partial charge in [0.1, 0.15) is 24.8 Å². The van der Waals surface area contributed by atoms with Crippen LogP contribution in [0.15, 0.2) is 0 Å². The molecule has 3 aliphatic rings. The minimum absolute atomic E-state index is 0.0763. The first-order valence-corrected chi connectivity index (χ1v) is 8.07. The number of rotatable bonds is 4. The molecule has 1 spiro atoms. The van der Waals surface area contributed by atoms with Gasteiger partial charge in [-0.2, -0.15) is 0 Å². The molecule has 1 amide bonds. The zero-order chi connectivity index (χ0) is 18.6. The van der Waals surface area contributed by atoms with Crippen molar-refractivity contribution in [1.29, 1.82) is 0 Å². The van der Waals surface area contributed by atoms with Crippen molar-refractivity contribution in [3.8, 4) is 0 Å². The summed E-state index contributed by atoms with van der Waals surface area (Å²) in [7, 11) is 0. The summed E-state index contributed by atoms with van der Waals surface area (Å²) in [5, 5.41) is 38.0. The summed E-state index contributed by atoms with van der Waals surface area (Å²) in [4.78, 5) is 13.8. The van der Waals surface area contributed by atoms with E-state index in [4.69, 9.17) is 21.9 Å². The fourth-order valence-electron chi connectivity index (χ4n) is 4.19. The second-order valence-electron chi connectivity index (χ2n) is 6.59. The van der Waals surface area contributed by atoms with Crippen LogP contribution in [0.3, 0.4) is 0 Å². The zero-order valence-electron chi connectivity index (χ0n) is 13.8. The van der Waals surface area contributed by atoms with Crippen LogP contribution in [0.4, 0.5) is 4.79 Å².